The molecule has 0 aliphatic rings. The van der Waals surface area contributed by atoms with Crippen LogP contribution in [0.25, 0.3) is 33.9 Å². The highest BCUT2D eigenvalue weighted by atomic mass is 16.5. The first-order chi connectivity index (χ1) is 15.2. The Balaban J connectivity index is 1.70. The Hall–Kier alpha value is -3.49. The van der Waals surface area contributed by atoms with Crippen LogP contribution in [-0.4, -0.2) is 59.4 Å². The molecule has 2 heterocycles. The molecule has 1 amide bonds. The summed E-state index contributed by atoms with van der Waals surface area (Å²) in [5, 5.41) is 2.84. The first-order valence-electron chi connectivity index (χ1n) is 10.1. The van der Waals surface area contributed by atoms with E-state index in [1.807, 2.05) is 42.5 Å². The number of H-pyrrole nitrogens is 1. The van der Waals surface area contributed by atoms with Gasteiger partial charge in [-0.15, -0.1) is 0 Å². The van der Waals surface area contributed by atoms with Crippen molar-refractivity contribution in [3.8, 4) is 22.9 Å². The maximum absolute atomic E-state index is 12.4. The lowest BCUT2D eigenvalue weighted by molar-refractivity contribution is 0.0937. The molecule has 0 radical (unpaired) electrons. The van der Waals surface area contributed by atoms with Crippen LogP contribution in [0.5, 0.6) is 0 Å². The van der Waals surface area contributed by atoms with E-state index in [0.717, 1.165) is 33.9 Å². The van der Waals surface area contributed by atoms with Crippen molar-refractivity contribution >= 4 is 16.9 Å². The zero-order valence-electron chi connectivity index (χ0n) is 17.6. The molecule has 8 heteroatoms. The summed E-state index contributed by atoms with van der Waals surface area (Å²) in [4.78, 5) is 25.1. The smallest absolute Gasteiger partial charge is 0.251 e. The first-order valence-corrected chi connectivity index (χ1v) is 10.1. The largest absolute Gasteiger partial charge is 0.383 e. The molecule has 0 bridgehead atoms. The maximum atomic E-state index is 12.4. The SMILES string of the molecule is COCCNC(=O)c1ccc2c(c1)nc(-c1cnc(-c3ccccc3)[nH]1)n2CCOC. The zero-order chi connectivity index (χ0) is 21.6. The zero-order valence-corrected chi connectivity index (χ0v) is 17.6. The van der Waals surface area contributed by atoms with Crippen LogP contribution in [0, 0.1) is 0 Å². The van der Waals surface area contributed by atoms with E-state index >= 15 is 0 Å². The van der Waals surface area contributed by atoms with Gasteiger partial charge in [-0.25, -0.2) is 9.97 Å². The Morgan fingerprint density at radius 3 is 2.68 bits per heavy atom. The Morgan fingerprint density at radius 1 is 1.10 bits per heavy atom. The Labute approximate surface area is 180 Å². The lowest BCUT2D eigenvalue weighted by atomic mass is 10.2. The number of amides is 1. The molecule has 160 valence electrons. The third kappa shape index (κ3) is 4.50. The molecule has 0 aliphatic heterocycles. The number of nitrogens with zero attached hydrogens (tertiary/aromatic N) is 3. The summed E-state index contributed by atoms with van der Waals surface area (Å²) in [6.07, 6.45) is 1.78. The highest BCUT2D eigenvalue weighted by Crippen LogP contribution is 2.26. The summed E-state index contributed by atoms with van der Waals surface area (Å²) in [7, 11) is 3.27. The minimum atomic E-state index is -0.153. The van der Waals surface area contributed by atoms with Crippen LogP contribution in [0.3, 0.4) is 0 Å². The van der Waals surface area contributed by atoms with Gasteiger partial charge in [-0.2, -0.15) is 0 Å². The number of rotatable bonds is 9. The summed E-state index contributed by atoms with van der Waals surface area (Å²) in [5.41, 5.74) is 4.03. The van der Waals surface area contributed by atoms with Gasteiger partial charge < -0.3 is 24.3 Å². The Kier molecular flexibility index (Phi) is 6.40. The van der Waals surface area contributed by atoms with Crippen LogP contribution in [0.15, 0.2) is 54.7 Å². The van der Waals surface area contributed by atoms with E-state index in [4.69, 9.17) is 14.5 Å². The quantitative estimate of drug-likeness (QED) is 0.407. The van der Waals surface area contributed by atoms with Gasteiger partial charge in [0, 0.05) is 38.4 Å². The number of carbonyl (C=O) groups is 1. The van der Waals surface area contributed by atoms with Crippen molar-refractivity contribution in [2.45, 2.75) is 6.54 Å². The maximum Gasteiger partial charge on any atom is 0.251 e. The predicted molar refractivity (Wildman–Crippen MR) is 119 cm³/mol. The van der Waals surface area contributed by atoms with Gasteiger partial charge in [-0.05, 0) is 18.2 Å². The van der Waals surface area contributed by atoms with Gasteiger partial charge in [-0.1, -0.05) is 30.3 Å². The minimum absolute atomic E-state index is 0.153. The van der Waals surface area contributed by atoms with Gasteiger partial charge in [0.1, 0.15) is 11.5 Å². The molecule has 8 nitrogen and oxygen atoms in total. The van der Waals surface area contributed by atoms with Crippen molar-refractivity contribution in [3.63, 3.8) is 0 Å². The fourth-order valence-corrected chi connectivity index (χ4v) is 3.43. The van der Waals surface area contributed by atoms with Crippen molar-refractivity contribution in [3.05, 3.63) is 60.3 Å². The number of methoxy groups -OCH3 is 2. The van der Waals surface area contributed by atoms with Crippen molar-refractivity contribution in [1.29, 1.82) is 0 Å². The van der Waals surface area contributed by atoms with E-state index in [9.17, 15) is 4.79 Å². The lowest BCUT2D eigenvalue weighted by Crippen LogP contribution is -2.26. The summed E-state index contributed by atoms with van der Waals surface area (Å²) in [5.74, 6) is 1.37. The average Bonchev–Trinajstić information content (AvgIpc) is 3.43. The summed E-state index contributed by atoms with van der Waals surface area (Å²) < 4.78 is 12.4. The van der Waals surface area contributed by atoms with Gasteiger partial charge in [0.2, 0.25) is 0 Å². The molecule has 0 fully saturated rings. The molecule has 0 aliphatic carbocycles. The minimum Gasteiger partial charge on any atom is -0.383 e. The number of imidazole rings is 2. The third-order valence-electron chi connectivity index (χ3n) is 4.99. The third-order valence-corrected chi connectivity index (χ3v) is 4.99. The average molecular weight is 419 g/mol. The van der Waals surface area contributed by atoms with Gasteiger partial charge in [0.05, 0.1) is 30.4 Å². The number of aromatic amines is 1. The monoisotopic (exact) mass is 419 g/mol. The second-order valence-electron chi connectivity index (χ2n) is 7.04. The molecule has 0 saturated heterocycles. The highest BCUT2D eigenvalue weighted by Gasteiger charge is 2.17. The molecule has 31 heavy (non-hydrogen) atoms. The highest BCUT2D eigenvalue weighted by molar-refractivity contribution is 5.97. The van der Waals surface area contributed by atoms with Crippen molar-refractivity contribution in [2.24, 2.45) is 0 Å². The molecule has 2 aromatic carbocycles. The van der Waals surface area contributed by atoms with Gasteiger partial charge >= 0.3 is 0 Å². The van der Waals surface area contributed by atoms with E-state index in [2.05, 4.69) is 19.9 Å². The van der Waals surface area contributed by atoms with Crippen LogP contribution >= 0.6 is 0 Å². The van der Waals surface area contributed by atoms with E-state index in [1.165, 1.54) is 0 Å². The van der Waals surface area contributed by atoms with Crippen LogP contribution in [0.1, 0.15) is 10.4 Å². The first kappa shape index (κ1) is 20.8. The number of aromatic nitrogens is 4. The normalized spacial score (nSPS) is 11.2. The van der Waals surface area contributed by atoms with Crippen molar-refractivity contribution in [2.75, 3.05) is 34.0 Å². The van der Waals surface area contributed by atoms with Crippen molar-refractivity contribution in [1.82, 2.24) is 24.8 Å². The molecule has 2 aromatic heterocycles. The van der Waals surface area contributed by atoms with E-state index in [1.54, 1.807) is 26.5 Å². The number of hydrogen-bond donors (Lipinski definition) is 2. The van der Waals surface area contributed by atoms with Crippen LogP contribution in [0.2, 0.25) is 0 Å². The molecule has 0 unspecified atom stereocenters. The fraction of sp³-hybridized carbons (Fsp3) is 0.261. The summed E-state index contributed by atoms with van der Waals surface area (Å²) in [6.45, 7) is 2.09. The predicted octanol–water partition coefficient (Wildman–Crippen LogP) is 3.12. The molecular formula is C23H25N5O3. The Morgan fingerprint density at radius 2 is 1.90 bits per heavy atom. The molecular weight excluding hydrogens is 394 g/mol. The summed E-state index contributed by atoms with van der Waals surface area (Å²) in [6, 6.07) is 15.5. The van der Waals surface area contributed by atoms with Crippen LogP contribution < -0.4 is 5.32 Å². The van der Waals surface area contributed by atoms with E-state index < -0.39 is 0 Å². The Bertz CT molecular complexity index is 1170. The van der Waals surface area contributed by atoms with Gasteiger partial charge in [0.15, 0.2) is 5.82 Å². The van der Waals surface area contributed by atoms with Crippen LogP contribution in [-0.2, 0) is 16.0 Å². The number of hydrogen-bond acceptors (Lipinski definition) is 5. The number of ether oxygens (including phenoxy) is 2. The second kappa shape index (κ2) is 9.55. The molecule has 4 aromatic rings. The summed E-state index contributed by atoms with van der Waals surface area (Å²) >= 11 is 0. The topological polar surface area (TPSA) is 94.1 Å². The standard InChI is InChI=1S/C23H25N5O3/c1-30-12-10-24-23(29)17-8-9-20-18(14-17)27-22(28(20)11-13-31-2)19-15-25-21(26-19)16-6-4-3-5-7-16/h3-9,14-15H,10-13H2,1-2H3,(H,24,29)(H,25,26). The second-order valence-corrected chi connectivity index (χ2v) is 7.04. The molecule has 0 saturated carbocycles. The van der Waals surface area contributed by atoms with Gasteiger partial charge in [-0.3, -0.25) is 4.79 Å². The fourth-order valence-electron chi connectivity index (χ4n) is 3.43. The molecule has 0 atom stereocenters. The molecule has 4 rings (SSSR count). The molecule has 0 spiro atoms. The van der Waals surface area contributed by atoms with E-state index in [-0.39, 0.29) is 5.91 Å². The van der Waals surface area contributed by atoms with E-state index in [0.29, 0.717) is 31.9 Å². The number of benzene rings is 2. The number of nitrogens with one attached hydrogen (secondary N) is 2. The van der Waals surface area contributed by atoms with Gasteiger partial charge in [0.25, 0.3) is 5.91 Å². The van der Waals surface area contributed by atoms with Crippen molar-refractivity contribution < 1.29 is 14.3 Å². The lowest BCUT2D eigenvalue weighted by Gasteiger charge is -2.08. The molecule has 2 N–H and O–H groups in total. The van der Waals surface area contributed by atoms with Crippen LogP contribution in [0.4, 0.5) is 0 Å². The number of carbonyl (C=O) groups excluding carboxylic acids is 1. The number of fused-ring (bicyclic) bond motifs is 1.